The third-order valence-corrected chi connectivity index (χ3v) is 6.11. The largest absolute Gasteiger partial charge is 0.497 e. The summed E-state index contributed by atoms with van der Waals surface area (Å²) in [6.07, 6.45) is 0. The van der Waals surface area contributed by atoms with Gasteiger partial charge in [0, 0.05) is 24.4 Å². The molecule has 0 atom stereocenters. The Balaban J connectivity index is 1.62. The predicted molar refractivity (Wildman–Crippen MR) is 110 cm³/mol. The van der Waals surface area contributed by atoms with Gasteiger partial charge in [-0.25, -0.2) is 0 Å². The lowest BCUT2D eigenvalue weighted by molar-refractivity contribution is -0.119. The van der Waals surface area contributed by atoms with Crippen LogP contribution in [0.2, 0.25) is 0 Å². The quantitative estimate of drug-likeness (QED) is 0.448. The lowest BCUT2D eigenvalue weighted by atomic mass is 10.2. The van der Waals surface area contributed by atoms with Crippen LogP contribution in [0.5, 0.6) is 5.75 Å². The number of ketones is 1. The number of Topliss-reactive ketones (excluding diaryl/α,β-unsaturated/α-hetero) is 1. The minimum Gasteiger partial charge on any atom is -0.497 e. The number of rotatable bonds is 8. The van der Waals surface area contributed by atoms with Gasteiger partial charge in [0.1, 0.15) is 5.75 Å². The molecular weight excluding hydrogens is 396 g/mol. The van der Waals surface area contributed by atoms with Crippen LogP contribution >= 0.6 is 23.1 Å². The number of thioether (sulfide) groups is 1. The van der Waals surface area contributed by atoms with Gasteiger partial charge in [-0.1, -0.05) is 11.8 Å². The van der Waals surface area contributed by atoms with Gasteiger partial charge in [0.2, 0.25) is 5.91 Å². The molecule has 2 aromatic heterocycles. The van der Waals surface area contributed by atoms with Gasteiger partial charge in [-0.05, 0) is 36.4 Å². The Hall–Kier alpha value is -2.65. The molecule has 0 aliphatic rings. The number of nitrogens with zero attached hydrogens (tertiary/aromatic N) is 3. The highest BCUT2D eigenvalue weighted by atomic mass is 32.2. The van der Waals surface area contributed by atoms with Gasteiger partial charge in [0.05, 0.1) is 24.3 Å². The van der Waals surface area contributed by atoms with E-state index in [1.54, 1.807) is 13.2 Å². The summed E-state index contributed by atoms with van der Waals surface area (Å²) in [7, 11) is 3.50. The number of benzene rings is 1. The molecule has 1 aromatic carbocycles. The molecule has 0 unspecified atom stereocenters. The molecule has 9 heteroatoms. The fraction of sp³-hybridized carbons (Fsp3) is 0.263. The summed E-state index contributed by atoms with van der Waals surface area (Å²) >= 11 is 2.75. The highest BCUT2D eigenvalue weighted by Gasteiger charge is 2.15. The van der Waals surface area contributed by atoms with E-state index in [1.807, 2.05) is 41.9 Å². The molecule has 0 saturated carbocycles. The Morgan fingerprint density at radius 1 is 1.18 bits per heavy atom. The van der Waals surface area contributed by atoms with Crippen LogP contribution in [-0.4, -0.2) is 39.3 Å². The van der Waals surface area contributed by atoms with Crippen LogP contribution in [0.25, 0.3) is 11.4 Å². The second-order valence-corrected chi connectivity index (χ2v) is 8.09. The van der Waals surface area contributed by atoms with Crippen molar-refractivity contribution in [2.24, 2.45) is 7.05 Å². The molecule has 0 fully saturated rings. The van der Waals surface area contributed by atoms with Gasteiger partial charge in [0.15, 0.2) is 16.8 Å². The highest BCUT2D eigenvalue weighted by molar-refractivity contribution is 7.99. The summed E-state index contributed by atoms with van der Waals surface area (Å²) < 4.78 is 7.04. The van der Waals surface area contributed by atoms with Crippen LogP contribution in [0, 0.1) is 0 Å². The van der Waals surface area contributed by atoms with Crippen LogP contribution in [-0.2, 0) is 18.4 Å². The maximum atomic E-state index is 12.5. The van der Waals surface area contributed by atoms with Crippen LogP contribution < -0.4 is 10.1 Å². The summed E-state index contributed by atoms with van der Waals surface area (Å²) in [5, 5.41) is 11.8. The van der Waals surface area contributed by atoms with Gasteiger partial charge in [-0.3, -0.25) is 9.59 Å². The van der Waals surface area contributed by atoms with Crippen molar-refractivity contribution in [1.29, 1.82) is 0 Å². The van der Waals surface area contributed by atoms with E-state index in [0.29, 0.717) is 16.6 Å². The van der Waals surface area contributed by atoms with Crippen LogP contribution in [0.1, 0.15) is 21.5 Å². The zero-order valence-corrected chi connectivity index (χ0v) is 17.4. The Kier molecular flexibility index (Phi) is 6.48. The van der Waals surface area contributed by atoms with E-state index in [2.05, 4.69) is 15.5 Å². The topological polar surface area (TPSA) is 86.1 Å². The molecule has 0 aliphatic carbocycles. The number of nitrogens with one attached hydrogen (secondary N) is 1. The van der Waals surface area contributed by atoms with Crippen LogP contribution in [0.3, 0.4) is 0 Å². The minimum absolute atomic E-state index is 0.0260. The molecule has 146 valence electrons. The molecule has 0 radical (unpaired) electrons. The zero-order valence-electron chi connectivity index (χ0n) is 15.8. The highest BCUT2D eigenvalue weighted by Crippen LogP contribution is 2.26. The molecule has 7 nitrogen and oxygen atoms in total. The maximum absolute atomic E-state index is 12.5. The molecule has 3 aromatic rings. The lowest BCUT2D eigenvalue weighted by Gasteiger charge is -2.04. The van der Waals surface area contributed by atoms with E-state index in [9.17, 15) is 9.59 Å². The second-order valence-electron chi connectivity index (χ2n) is 5.98. The van der Waals surface area contributed by atoms with E-state index in [-0.39, 0.29) is 17.4 Å². The summed E-state index contributed by atoms with van der Waals surface area (Å²) in [6, 6.07) is 11.2. The van der Waals surface area contributed by atoms with Crippen LogP contribution in [0.15, 0.2) is 41.6 Å². The van der Waals surface area contributed by atoms with Gasteiger partial charge in [-0.15, -0.1) is 21.5 Å². The first-order valence-electron chi connectivity index (χ1n) is 8.51. The number of hydrogen-bond donors (Lipinski definition) is 1. The van der Waals surface area contributed by atoms with Crippen molar-refractivity contribution >= 4 is 34.8 Å². The number of aromatic nitrogens is 3. The smallest absolute Gasteiger partial charge is 0.217 e. The minimum atomic E-state index is -0.0909. The maximum Gasteiger partial charge on any atom is 0.217 e. The first-order valence-corrected chi connectivity index (χ1v) is 10.3. The summed E-state index contributed by atoms with van der Waals surface area (Å²) in [6.45, 7) is 1.91. The van der Waals surface area contributed by atoms with Crippen molar-refractivity contribution in [2.45, 2.75) is 18.6 Å². The fourth-order valence-corrected chi connectivity index (χ4v) is 4.24. The first-order chi connectivity index (χ1) is 13.5. The Morgan fingerprint density at radius 2 is 1.93 bits per heavy atom. The van der Waals surface area contributed by atoms with Crippen molar-refractivity contribution in [1.82, 2.24) is 20.1 Å². The van der Waals surface area contributed by atoms with Gasteiger partial charge < -0.3 is 14.6 Å². The van der Waals surface area contributed by atoms with E-state index in [4.69, 9.17) is 4.74 Å². The number of carbonyl (C=O) groups is 2. The molecular formula is C19H20N4O3S2. The van der Waals surface area contributed by atoms with Gasteiger partial charge in [-0.2, -0.15) is 0 Å². The van der Waals surface area contributed by atoms with Crippen LogP contribution in [0.4, 0.5) is 0 Å². The number of amides is 1. The zero-order chi connectivity index (χ0) is 20.1. The van der Waals surface area contributed by atoms with Gasteiger partial charge in [0.25, 0.3) is 0 Å². The van der Waals surface area contributed by atoms with Crippen molar-refractivity contribution in [2.75, 3.05) is 12.9 Å². The molecule has 0 spiro atoms. The number of thiophene rings is 1. The molecule has 0 aliphatic heterocycles. The normalized spacial score (nSPS) is 10.7. The van der Waals surface area contributed by atoms with Crippen molar-refractivity contribution in [3.63, 3.8) is 0 Å². The average Bonchev–Trinajstić information content (AvgIpc) is 3.31. The number of ether oxygens (including phenoxy) is 1. The molecule has 0 saturated heterocycles. The fourth-order valence-electron chi connectivity index (χ4n) is 2.47. The molecule has 0 bridgehead atoms. The first kappa shape index (κ1) is 20.1. The van der Waals surface area contributed by atoms with Crippen molar-refractivity contribution < 1.29 is 14.3 Å². The summed E-state index contributed by atoms with van der Waals surface area (Å²) in [4.78, 5) is 25.1. The SMILES string of the molecule is COc1ccc(-c2nnc(SCC(=O)c3ccc(CNC(C)=O)s3)n2C)cc1. The Morgan fingerprint density at radius 3 is 2.61 bits per heavy atom. The van der Waals surface area contributed by atoms with E-state index in [0.717, 1.165) is 22.0 Å². The second kappa shape index (κ2) is 9.03. The van der Waals surface area contributed by atoms with Crippen molar-refractivity contribution in [3.05, 3.63) is 46.2 Å². The van der Waals surface area contributed by atoms with E-state index < -0.39 is 0 Å². The number of carbonyl (C=O) groups excluding carboxylic acids is 2. The van der Waals surface area contributed by atoms with Crippen molar-refractivity contribution in [3.8, 4) is 17.1 Å². The van der Waals surface area contributed by atoms with E-state index in [1.165, 1.54) is 30.0 Å². The Labute approximate surface area is 171 Å². The summed E-state index contributed by atoms with van der Waals surface area (Å²) in [5.41, 5.74) is 0.926. The number of methoxy groups -OCH3 is 1. The third-order valence-electron chi connectivity index (χ3n) is 3.96. The third kappa shape index (κ3) is 4.79. The molecule has 28 heavy (non-hydrogen) atoms. The summed E-state index contributed by atoms with van der Waals surface area (Å²) in [5.74, 6) is 1.71. The van der Waals surface area contributed by atoms with Gasteiger partial charge >= 0.3 is 0 Å². The molecule has 1 N–H and O–H groups in total. The molecule has 1 amide bonds. The average molecular weight is 417 g/mol. The van der Waals surface area contributed by atoms with E-state index >= 15 is 0 Å². The lowest BCUT2D eigenvalue weighted by Crippen LogP contribution is -2.18. The molecule has 3 rings (SSSR count). The molecule has 2 heterocycles. The monoisotopic (exact) mass is 416 g/mol. The Bertz CT molecular complexity index is 979. The number of hydrogen-bond acceptors (Lipinski definition) is 7. The standard InChI is InChI=1S/C19H20N4O3S2/c1-12(24)20-10-15-8-9-17(28-15)16(25)11-27-19-22-21-18(23(19)2)13-4-6-14(26-3)7-5-13/h4-9H,10-11H2,1-3H3,(H,20,24). The predicted octanol–water partition coefficient (Wildman–Crippen LogP) is 3.16.